The Kier molecular flexibility index (Phi) is 3.99. The molecule has 1 rings (SSSR count). The number of hydrogen-bond donors (Lipinski definition) is 0. The Balaban J connectivity index is 3.12. The Morgan fingerprint density at radius 2 is 1.73 bits per heavy atom. The van der Waals surface area contributed by atoms with Crippen LogP contribution < -0.4 is 9.47 Å². The highest BCUT2D eigenvalue weighted by Gasteiger charge is 2.10. The molecule has 0 aliphatic heterocycles. The lowest BCUT2D eigenvalue weighted by Crippen LogP contribution is -1.96. The van der Waals surface area contributed by atoms with Gasteiger partial charge in [0.1, 0.15) is 11.5 Å². The molecule has 1 atom stereocenters. The van der Waals surface area contributed by atoms with Crippen LogP contribution in [0.4, 0.5) is 0 Å². The van der Waals surface area contributed by atoms with Crippen molar-refractivity contribution in [2.24, 2.45) is 0 Å². The number of hydrogen-bond acceptors (Lipinski definition) is 3. The minimum atomic E-state index is -0.103. The molecule has 0 saturated carbocycles. The van der Waals surface area contributed by atoms with Crippen molar-refractivity contribution in [2.75, 3.05) is 14.2 Å². The van der Waals surface area contributed by atoms with Crippen molar-refractivity contribution in [2.45, 2.75) is 19.3 Å². The van der Waals surface area contributed by atoms with Gasteiger partial charge in [0.2, 0.25) is 0 Å². The fourth-order valence-electron chi connectivity index (χ4n) is 1.43. The molecular weight excluding hydrogens is 190 g/mol. The number of nitrogens with zero attached hydrogens (tertiary/aromatic N) is 1. The summed E-state index contributed by atoms with van der Waals surface area (Å²) in [6.45, 7) is 1.99. The van der Waals surface area contributed by atoms with Gasteiger partial charge in [-0.3, -0.25) is 0 Å². The molecule has 0 spiro atoms. The third kappa shape index (κ3) is 2.63. The van der Waals surface area contributed by atoms with Crippen LogP contribution in [-0.2, 0) is 0 Å². The summed E-state index contributed by atoms with van der Waals surface area (Å²) < 4.78 is 10.3. The molecule has 0 N–H and O–H groups in total. The Morgan fingerprint density at radius 3 is 2.07 bits per heavy atom. The standard InChI is InChI=1S/C12H15NO2/c1-4-9(8-13)10-5-11(14-2)7-12(6-10)15-3/h5-7,9H,4H2,1-3H3. The highest BCUT2D eigenvalue weighted by molar-refractivity contribution is 5.41. The summed E-state index contributed by atoms with van der Waals surface area (Å²) in [6, 6.07) is 7.81. The van der Waals surface area contributed by atoms with Gasteiger partial charge in [-0.2, -0.15) is 5.26 Å². The first kappa shape index (κ1) is 11.4. The van der Waals surface area contributed by atoms with Crippen molar-refractivity contribution in [3.8, 4) is 17.6 Å². The van der Waals surface area contributed by atoms with Crippen molar-refractivity contribution in [3.63, 3.8) is 0 Å². The molecule has 0 aromatic heterocycles. The average Bonchev–Trinajstić information content (AvgIpc) is 2.30. The van der Waals surface area contributed by atoms with Crippen molar-refractivity contribution >= 4 is 0 Å². The zero-order valence-corrected chi connectivity index (χ0v) is 9.28. The summed E-state index contributed by atoms with van der Waals surface area (Å²) in [4.78, 5) is 0. The fraction of sp³-hybridized carbons (Fsp3) is 0.417. The second-order valence-electron chi connectivity index (χ2n) is 3.24. The molecule has 0 radical (unpaired) electrons. The molecule has 3 heteroatoms. The maximum absolute atomic E-state index is 8.98. The summed E-state index contributed by atoms with van der Waals surface area (Å²) >= 11 is 0. The van der Waals surface area contributed by atoms with E-state index in [0.717, 1.165) is 23.5 Å². The van der Waals surface area contributed by atoms with Crippen molar-refractivity contribution in [3.05, 3.63) is 23.8 Å². The Bertz CT molecular complexity index is 346. The molecule has 0 amide bonds. The van der Waals surface area contributed by atoms with Crippen LogP contribution in [0.25, 0.3) is 0 Å². The van der Waals surface area contributed by atoms with Crippen LogP contribution >= 0.6 is 0 Å². The minimum absolute atomic E-state index is 0.103. The summed E-state index contributed by atoms with van der Waals surface area (Å²) in [5.74, 6) is 1.34. The summed E-state index contributed by atoms with van der Waals surface area (Å²) in [7, 11) is 3.21. The first-order valence-corrected chi connectivity index (χ1v) is 4.87. The SMILES string of the molecule is CCC(C#N)c1cc(OC)cc(OC)c1. The van der Waals surface area contributed by atoms with E-state index >= 15 is 0 Å². The fourth-order valence-corrected chi connectivity index (χ4v) is 1.43. The quantitative estimate of drug-likeness (QED) is 0.759. The van der Waals surface area contributed by atoms with Crippen LogP contribution in [0.1, 0.15) is 24.8 Å². The average molecular weight is 205 g/mol. The van der Waals surface area contributed by atoms with E-state index in [4.69, 9.17) is 14.7 Å². The number of nitriles is 1. The third-order valence-corrected chi connectivity index (χ3v) is 2.34. The van der Waals surface area contributed by atoms with Gasteiger partial charge in [0.15, 0.2) is 0 Å². The molecule has 0 heterocycles. The molecule has 15 heavy (non-hydrogen) atoms. The van der Waals surface area contributed by atoms with Crippen LogP contribution in [0.5, 0.6) is 11.5 Å². The summed E-state index contributed by atoms with van der Waals surface area (Å²) in [5.41, 5.74) is 0.941. The van der Waals surface area contributed by atoms with Crippen molar-refractivity contribution in [1.82, 2.24) is 0 Å². The smallest absolute Gasteiger partial charge is 0.122 e. The highest BCUT2D eigenvalue weighted by atomic mass is 16.5. The first-order chi connectivity index (χ1) is 7.24. The lowest BCUT2D eigenvalue weighted by Gasteiger charge is -2.11. The van der Waals surface area contributed by atoms with Crippen LogP contribution in [0.15, 0.2) is 18.2 Å². The topological polar surface area (TPSA) is 42.2 Å². The number of benzene rings is 1. The van der Waals surface area contributed by atoms with E-state index in [1.807, 2.05) is 19.1 Å². The zero-order chi connectivity index (χ0) is 11.3. The van der Waals surface area contributed by atoms with Crippen LogP contribution in [-0.4, -0.2) is 14.2 Å². The van der Waals surface area contributed by atoms with Crippen LogP contribution in [0, 0.1) is 11.3 Å². The van der Waals surface area contributed by atoms with Crippen LogP contribution in [0.2, 0.25) is 0 Å². The second-order valence-corrected chi connectivity index (χ2v) is 3.24. The maximum atomic E-state index is 8.98. The van der Waals surface area contributed by atoms with E-state index in [9.17, 15) is 0 Å². The van der Waals surface area contributed by atoms with Crippen molar-refractivity contribution in [1.29, 1.82) is 5.26 Å². The molecule has 1 unspecified atom stereocenters. The van der Waals surface area contributed by atoms with E-state index in [0.29, 0.717) is 0 Å². The monoisotopic (exact) mass is 205 g/mol. The van der Waals surface area contributed by atoms with E-state index in [2.05, 4.69) is 6.07 Å². The molecule has 0 bridgehead atoms. The predicted octanol–water partition coefficient (Wildman–Crippen LogP) is 2.72. The Hall–Kier alpha value is -1.69. The van der Waals surface area contributed by atoms with Gasteiger partial charge in [-0.1, -0.05) is 6.92 Å². The molecule has 0 aliphatic carbocycles. The Morgan fingerprint density at radius 1 is 1.20 bits per heavy atom. The Labute approximate surface area is 90.2 Å². The van der Waals surface area contributed by atoms with Gasteiger partial charge in [0, 0.05) is 6.07 Å². The van der Waals surface area contributed by atoms with Gasteiger partial charge in [-0.05, 0) is 24.1 Å². The lowest BCUT2D eigenvalue weighted by molar-refractivity contribution is 0.393. The molecular formula is C12H15NO2. The normalized spacial score (nSPS) is 11.6. The van der Waals surface area contributed by atoms with E-state index in [-0.39, 0.29) is 5.92 Å². The lowest BCUT2D eigenvalue weighted by atomic mass is 9.98. The molecule has 80 valence electrons. The van der Waals surface area contributed by atoms with Gasteiger partial charge in [0.25, 0.3) is 0 Å². The van der Waals surface area contributed by atoms with Gasteiger partial charge in [-0.25, -0.2) is 0 Å². The molecule has 1 aromatic carbocycles. The zero-order valence-electron chi connectivity index (χ0n) is 9.28. The largest absolute Gasteiger partial charge is 0.497 e. The summed E-state index contributed by atoms with van der Waals surface area (Å²) in [6.07, 6.45) is 0.785. The molecule has 1 aromatic rings. The highest BCUT2D eigenvalue weighted by Crippen LogP contribution is 2.28. The number of rotatable bonds is 4. The first-order valence-electron chi connectivity index (χ1n) is 4.87. The van der Waals surface area contributed by atoms with Crippen LogP contribution in [0.3, 0.4) is 0 Å². The van der Waals surface area contributed by atoms with Gasteiger partial charge in [0.05, 0.1) is 26.2 Å². The summed E-state index contributed by atoms with van der Waals surface area (Å²) in [5, 5.41) is 8.98. The molecule has 0 aliphatic rings. The molecule has 3 nitrogen and oxygen atoms in total. The predicted molar refractivity (Wildman–Crippen MR) is 58.2 cm³/mol. The minimum Gasteiger partial charge on any atom is -0.497 e. The van der Waals surface area contributed by atoms with Gasteiger partial charge < -0.3 is 9.47 Å². The maximum Gasteiger partial charge on any atom is 0.122 e. The number of methoxy groups -OCH3 is 2. The number of ether oxygens (including phenoxy) is 2. The molecule has 0 fully saturated rings. The third-order valence-electron chi connectivity index (χ3n) is 2.34. The van der Waals surface area contributed by atoms with Crippen molar-refractivity contribution < 1.29 is 9.47 Å². The van der Waals surface area contributed by atoms with Gasteiger partial charge >= 0.3 is 0 Å². The van der Waals surface area contributed by atoms with Gasteiger partial charge in [-0.15, -0.1) is 0 Å². The second kappa shape index (κ2) is 5.26. The molecule has 0 saturated heterocycles. The van der Waals surface area contributed by atoms with E-state index in [1.54, 1.807) is 20.3 Å². The van der Waals surface area contributed by atoms with E-state index < -0.39 is 0 Å². The van der Waals surface area contributed by atoms with E-state index in [1.165, 1.54) is 0 Å².